The summed E-state index contributed by atoms with van der Waals surface area (Å²) in [5, 5.41) is 4.82. The van der Waals surface area contributed by atoms with Crippen molar-refractivity contribution in [2.75, 3.05) is 13.2 Å². The highest BCUT2D eigenvalue weighted by atomic mass is 17.2. The summed E-state index contributed by atoms with van der Waals surface area (Å²) in [6, 6.07) is 11.7. The molecule has 1 amide bonds. The molecule has 0 saturated heterocycles. The maximum atomic E-state index is 13.1. The number of fused-ring (bicyclic) bond motifs is 3. The van der Waals surface area contributed by atoms with Crippen LogP contribution in [-0.4, -0.2) is 41.4 Å². The second kappa shape index (κ2) is 10.8. The molecule has 7 nitrogen and oxygen atoms in total. The number of hydrogen-bond acceptors (Lipinski definition) is 5. The maximum Gasteiger partial charge on any atom is 0.419 e. The standard InChI is InChI=1S/C27H34N2O5/c1-7-9-19-10-12-24-22(15-19)23-16-20(14-21(28-18(3)30)17-33-32-8-2)11-13-25(23)29(24)26(31)34-27(4,5)6/h7,10-13,15-16,21H,1,8-9,14,17H2,2-6H3,(H,28,30). The van der Waals surface area contributed by atoms with E-state index in [0.29, 0.717) is 13.0 Å². The van der Waals surface area contributed by atoms with E-state index in [-0.39, 0.29) is 18.6 Å². The molecule has 0 aliphatic heterocycles. The van der Waals surface area contributed by atoms with E-state index in [2.05, 4.69) is 24.0 Å². The Kier molecular flexibility index (Phi) is 8.12. The molecule has 3 aromatic rings. The smallest absolute Gasteiger partial charge is 0.419 e. The van der Waals surface area contributed by atoms with Crippen molar-refractivity contribution in [3.63, 3.8) is 0 Å². The van der Waals surface area contributed by atoms with E-state index in [9.17, 15) is 9.59 Å². The van der Waals surface area contributed by atoms with Crippen molar-refractivity contribution < 1.29 is 24.1 Å². The fourth-order valence-corrected chi connectivity index (χ4v) is 3.98. The molecular weight excluding hydrogens is 432 g/mol. The molecule has 0 aliphatic carbocycles. The minimum absolute atomic E-state index is 0.137. The van der Waals surface area contributed by atoms with Gasteiger partial charge in [-0.05, 0) is 75.9 Å². The predicted molar refractivity (Wildman–Crippen MR) is 134 cm³/mol. The van der Waals surface area contributed by atoms with Crippen molar-refractivity contribution in [2.24, 2.45) is 0 Å². The van der Waals surface area contributed by atoms with E-state index in [1.54, 1.807) is 4.57 Å². The van der Waals surface area contributed by atoms with Crippen molar-refractivity contribution in [1.29, 1.82) is 0 Å². The SMILES string of the molecule is C=CCc1ccc2c(c1)c1cc(CC(COOCC)NC(C)=O)ccc1n2C(=O)OC(C)(C)C. The molecule has 7 heteroatoms. The average molecular weight is 467 g/mol. The van der Waals surface area contributed by atoms with Crippen molar-refractivity contribution >= 4 is 33.8 Å². The first-order valence-corrected chi connectivity index (χ1v) is 11.5. The van der Waals surface area contributed by atoms with Gasteiger partial charge in [0.2, 0.25) is 5.91 Å². The van der Waals surface area contributed by atoms with Crippen LogP contribution >= 0.6 is 0 Å². The second-order valence-electron chi connectivity index (χ2n) is 9.30. The molecular formula is C27H34N2O5. The Morgan fingerprint density at radius 1 is 1.06 bits per heavy atom. The van der Waals surface area contributed by atoms with Crippen LogP contribution in [0.25, 0.3) is 21.8 Å². The van der Waals surface area contributed by atoms with E-state index in [0.717, 1.165) is 39.4 Å². The molecule has 1 aromatic heterocycles. The number of allylic oxidation sites excluding steroid dienone is 1. The Labute approximate surface area is 200 Å². The zero-order valence-corrected chi connectivity index (χ0v) is 20.6. The van der Waals surface area contributed by atoms with Gasteiger partial charge >= 0.3 is 6.09 Å². The Hall–Kier alpha value is -3.16. The van der Waals surface area contributed by atoms with Crippen molar-refractivity contribution in [3.8, 4) is 0 Å². The first kappa shape index (κ1) is 25.5. The Morgan fingerprint density at radius 3 is 2.24 bits per heavy atom. The molecule has 0 spiro atoms. The minimum Gasteiger partial charge on any atom is -0.443 e. The van der Waals surface area contributed by atoms with Crippen LogP contribution in [0.1, 0.15) is 45.7 Å². The van der Waals surface area contributed by atoms with Gasteiger partial charge in [-0.3, -0.25) is 4.79 Å². The number of carbonyl (C=O) groups is 2. The normalized spacial score (nSPS) is 12.6. The highest BCUT2D eigenvalue weighted by Crippen LogP contribution is 2.32. The lowest BCUT2D eigenvalue weighted by molar-refractivity contribution is -0.294. The van der Waals surface area contributed by atoms with E-state index in [1.165, 1.54) is 6.92 Å². The lowest BCUT2D eigenvalue weighted by atomic mass is 10.0. The highest BCUT2D eigenvalue weighted by molar-refractivity contribution is 6.12. The number of ether oxygens (including phenoxy) is 1. The third-order valence-electron chi connectivity index (χ3n) is 5.21. The summed E-state index contributed by atoms with van der Waals surface area (Å²) in [7, 11) is 0. The molecule has 1 N–H and O–H groups in total. The van der Waals surface area contributed by atoms with E-state index in [1.807, 2.05) is 58.0 Å². The van der Waals surface area contributed by atoms with Crippen molar-refractivity contribution in [1.82, 2.24) is 9.88 Å². The van der Waals surface area contributed by atoms with Crippen LogP contribution in [0.4, 0.5) is 4.79 Å². The number of amides is 1. The quantitative estimate of drug-likeness (QED) is 0.200. The molecule has 0 fully saturated rings. The molecule has 34 heavy (non-hydrogen) atoms. The summed E-state index contributed by atoms with van der Waals surface area (Å²) in [4.78, 5) is 35.0. The number of benzene rings is 2. The number of nitrogens with zero attached hydrogens (tertiary/aromatic N) is 1. The maximum absolute atomic E-state index is 13.1. The molecule has 1 heterocycles. The highest BCUT2D eigenvalue weighted by Gasteiger charge is 2.23. The molecule has 0 aliphatic rings. The third-order valence-corrected chi connectivity index (χ3v) is 5.21. The number of rotatable bonds is 9. The zero-order valence-electron chi connectivity index (χ0n) is 20.6. The van der Waals surface area contributed by atoms with Gasteiger partial charge in [0, 0.05) is 17.7 Å². The van der Waals surface area contributed by atoms with Crippen LogP contribution in [-0.2, 0) is 32.1 Å². The van der Waals surface area contributed by atoms with Crippen molar-refractivity contribution in [3.05, 3.63) is 60.2 Å². The molecule has 0 saturated carbocycles. The largest absolute Gasteiger partial charge is 0.443 e. The van der Waals surface area contributed by atoms with Gasteiger partial charge in [0.15, 0.2) is 0 Å². The van der Waals surface area contributed by atoms with Crippen LogP contribution in [0.5, 0.6) is 0 Å². The summed E-state index contributed by atoms with van der Waals surface area (Å²) >= 11 is 0. The fourth-order valence-electron chi connectivity index (χ4n) is 3.98. The monoisotopic (exact) mass is 466 g/mol. The number of hydrogen-bond donors (Lipinski definition) is 1. The lowest BCUT2D eigenvalue weighted by Crippen LogP contribution is -2.38. The molecule has 3 rings (SSSR count). The molecule has 1 unspecified atom stereocenters. The molecule has 1 atom stereocenters. The van der Waals surface area contributed by atoms with Crippen LogP contribution in [0.15, 0.2) is 49.1 Å². The summed E-state index contributed by atoms with van der Waals surface area (Å²) < 4.78 is 7.33. The van der Waals surface area contributed by atoms with Gasteiger partial charge in [-0.15, -0.1) is 6.58 Å². The zero-order chi connectivity index (χ0) is 24.9. The first-order chi connectivity index (χ1) is 16.1. The van der Waals surface area contributed by atoms with Gasteiger partial charge in [-0.25, -0.2) is 19.1 Å². The summed E-state index contributed by atoms with van der Waals surface area (Å²) in [5.41, 5.74) is 3.05. The van der Waals surface area contributed by atoms with E-state index >= 15 is 0 Å². The molecule has 0 bridgehead atoms. The first-order valence-electron chi connectivity index (χ1n) is 11.5. The molecule has 2 aromatic carbocycles. The fraction of sp³-hybridized carbons (Fsp3) is 0.407. The van der Waals surface area contributed by atoms with Gasteiger partial charge < -0.3 is 10.1 Å². The van der Waals surface area contributed by atoms with Gasteiger partial charge in [0.1, 0.15) is 12.2 Å². The topological polar surface area (TPSA) is 78.8 Å². The van der Waals surface area contributed by atoms with Gasteiger partial charge in [-0.2, -0.15) is 0 Å². The average Bonchev–Trinajstić information content (AvgIpc) is 3.06. The van der Waals surface area contributed by atoms with Crippen LogP contribution in [0, 0.1) is 0 Å². The summed E-state index contributed by atoms with van der Waals surface area (Å²) in [6.07, 6.45) is 2.72. The van der Waals surface area contributed by atoms with Crippen LogP contribution < -0.4 is 5.32 Å². The lowest BCUT2D eigenvalue weighted by Gasteiger charge is -2.20. The second-order valence-corrected chi connectivity index (χ2v) is 9.30. The molecule has 0 radical (unpaired) electrons. The minimum atomic E-state index is -0.616. The van der Waals surface area contributed by atoms with Crippen molar-refractivity contribution in [2.45, 2.75) is 59.1 Å². The number of nitrogens with one attached hydrogen (secondary N) is 1. The Balaban J connectivity index is 2.08. The Morgan fingerprint density at radius 2 is 1.68 bits per heavy atom. The summed E-state index contributed by atoms with van der Waals surface area (Å²) in [5.74, 6) is -0.137. The third kappa shape index (κ3) is 6.24. The van der Waals surface area contributed by atoms with Crippen LogP contribution in [0.2, 0.25) is 0 Å². The van der Waals surface area contributed by atoms with Crippen LogP contribution in [0.3, 0.4) is 0 Å². The number of aromatic nitrogens is 1. The molecule has 182 valence electrons. The summed E-state index contributed by atoms with van der Waals surface area (Å²) in [6.45, 7) is 13.4. The van der Waals surface area contributed by atoms with Gasteiger partial charge in [0.25, 0.3) is 0 Å². The van der Waals surface area contributed by atoms with Gasteiger partial charge in [0.05, 0.1) is 23.7 Å². The van der Waals surface area contributed by atoms with E-state index < -0.39 is 11.7 Å². The van der Waals surface area contributed by atoms with Gasteiger partial charge in [-0.1, -0.05) is 18.2 Å². The number of carbonyl (C=O) groups excluding carboxylic acids is 2. The van der Waals surface area contributed by atoms with E-state index in [4.69, 9.17) is 14.5 Å². The Bertz CT molecular complexity index is 1190. The predicted octanol–water partition coefficient (Wildman–Crippen LogP) is 5.32.